The summed E-state index contributed by atoms with van der Waals surface area (Å²) in [6.45, 7) is 4.22. The number of hydrogen-bond donors (Lipinski definition) is 0. The minimum atomic E-state index is -3.63. The Morgan fingerprint density at radius 1 is 0.960 bits per heavy atom. The number of aryl methyl sites for hydroxylation is 1. The highest BCUT2D eigenvalue weighted by atomic mass is 32.2. The van der Waals surface area contributed by atoms with Gasteiger partial charge < -0.3 is 4.90 Å². The van der Waals surface area contributed by atoms with Gasteiger partial charge in [-0.25, -0.2) is 13.0 Å². The van der Waals surface area contributed by atoms with E-state index in [1.165, 1.54) is 9.87 Å². The zero-order valence-corrected chi connectivity index (χ0v) is 14.6. The Hall–Kier alpha value is -2.45. The van der Waals surface area contributed by atoms with Gasteiger partial charge >= 0.3 is 0 Å². The molecule has 0 amide bonds. The Morgan fingerprint density at radius 3 is 2.48 bits per heavy atom. The summed E-state index contributed by atoms with van der Waals surface area (Å²) in [5.41, 5.74) is 3.07. The van der Waals surface area contributed by atoms with Crippen LogP contribution in [-0.2, 0) is 10.0 Å². The average Bonchev–Trinajstić information content (AvgIpc) is 3.11. The van der Waals surface area contributed by atoms with E-state index in [4.69, 9.17) is 0 Å². The molecule has 0 N–H and O–H groups in total. The lowest BCUT2D eigenvalue weighted by atomic mass is 10.1. The van der Waals surface area contributed by atoms with E-state index in [0.717, 1.165) is 5.69 Å². The van der Waals surface area contributed by atoms with Crippen LogP contribution in [0.2, 0.25) is 0 Å². The van der Waals surface area contributed by atoms with Gasteiger partial charge in [-0.05, 0) is 41.0 Å². The first-order chi connectivity index (χ1) is 12.1. The van der Waals surface area contributed by atoms with Crippen LogP contribution in [0.3, 0.4) is 0 Å². The molecule has 1 aromatic heterocycles. The molecule has 1 aliphatic rings. The van der Waals surface area contributed by atoms with E-state index in [1.807, 2.05) is 12.1 Å². The first-order valence-electron chi connectivity index (χ1n) is 8.09. The van der Waals surface area contributed by atoms with Crippen molar-refractivity contribution < 1.29 is 13.0 Å². The molecule has 8 heteroatoms. The SMILES string of the molecule is Cc1ccccc1N1CCN(S(=O)(=O)c2cccc3nonc23)CC1. The second kappa shape index (κ2) is 6.12. The van der Waals surface area contributed by atoms with Gasteiger partial charge in [0.1, 0.15) is 10.4 Å². The van der Waals surface area contributed by atoms with Crippen LogP contribution in [0.25, 0.3) is 11.0 Å². The molecule has 0 spiro atoms. The van der Waals surface area contributed by atoms with Crippen LogP contribution in [0.1, 0.15) is 5.56 Å². The van der Waals surface area contributed by atoms with Crippen molar-refractivity contribution in [1.82, 2.24) is 14.6 Å². The Labute approximate surface area is 145 Å². The van der Waals surface area contributed by atoms with Gasteiger partial charge in [-0.1, -0.05) is 24.3 Å². The van der Waals surface area contributed by atoms with Gasteiger partial charge in [-0.15, -0.1) is 0 Å². The van der Waals surface area contributed by atoms with Gasteiger partial charge in [0.2, 0.25) is 10.0 Å². The van der Waals surface area contributed by atoms with Crippen LogP contribution in [0.4, 0.5) is 5.69 Å². The Kier molecular flexibility index (Phi) is 3.93. The van der Waals surface area contributed by atoms with Crippen molar-refractivity contribution >= 4 is 26.7 Å². The molecule has 1 fully saturated rings. The number of hydrogen-bond acceptors (Lipinski definition) is 6. The Bertz CT molecular complexity index is 1010. The third-order valence-corrected chi connectivity index (χ3v) is 6.49. The molecule has 2 heterocycles. The highest BCUT2D eigenvalue weighted by molar-refractivity contribution is 7.89. The van der Waals surface area contributed by atoms with Crippen molar-refractivity contribution in [3.8, 4) is 0 Å². The van der Waals surface area contributed by atoms with Gasteiger partial charge in [-0.3, -0.25) is 0 Å². The summed E-state index contributed by atoms with van der Waals surface area (Å²) in [5.74, 6) is 0. The van der Waals surface area contributed by atoms with Gasteiger partial charge in [0, 0.05) is 31.9 Å². The number of benzene rings is 2. The molecule has 25 heavy (non-hydrogen) atoms. The van der Waals surface area contributed by atoms with Crippen LogP contribution >= 0.6 is 0 Å². The summed E-state index contributed by atoms with van der Waals surface area (Å²) in [7, 11) is -3.63. The number of piperazine rings is 1. The fourth-order valence-corrected chi connectivity index (χ4v) is 4.78. The Morgan fingerprint density at radius 2 is 1.72 bits per heavy atom. The lowest BCUT2D eigenvalue weighted by molar-refractivity contribution is 0.315. The lowest BCUT2D eigenvalue weighted by Gasteiger charge is -2.36. The maximum Gasteiger partial charge on any atom is 0.245 e. The van der Waals surface area contributed by atoms with E-state index in [9.17, 15) is 8.42 Å². The van der Waals surface area contributed by atoms with Gasteiger partial charge in [-0.2, -0.15) is 4.31 Å². The van der Waals surface area contributed by atoms with Crippen LogP contribution < -0.4 is 4.90 Å². The molecular formula is C17H18N4O3S. The number of fused-ring (bicyclic) bond motifs is 1. The highest BCUT2D eigenvalue weighted by Crippen LogP contribution is 2.26. The predicted molar refractivity (Wildman–Crippen MR) is 94.0 cm³/mol. The number of anilines is 1. The highest BCUT2D eigenvalue weighted by Gasteiger charge is 2.31. The second-order valence-corrected chi connectivity index (χ2v) is 7.97. The molecule has 130 valence electrons. The zero-order valence-electron chi connectivity index (χ0n) is 13.8. The van der Waals surface area contributed by atoms with Crippen molar-refractivity contribution in [2.45, 2.75) is 11.8 Å². The minimum absolute atomic E-state index is 0.149. The molecule has 0 radical (unpaired) electrons. The van der Waals surface area contributed by atoms with Crippen LogP contribution in [0, 0.1) is 6.92 Å². The molecule has 0 atom stereocenters. The maximum absolute atomic E-state index is 13.0. The van der Waals surface area contributed by atoms with E-state index in [-0.39, 0.29) is 10.4 Å². The van der Waals surface area contributed by atoms with Gasteiger partial charge in [0.05, 0.1) is 0 Å². The predicted octanol–water partition coefficient (Wildman–Crippen LogP) is 2.04. The lowest BCUT2D eigenvalue weighted by Crippen LogP contribution is -2.48. The normalized spacial score (nSPS) is 16.4. The van der Waals surface area contributed by atoms with E-state index >= 15 is 0 Å². The van der Waals surface area contributed by atoms with E-state index in [0.29, 0.717) is 31.7 Å². The molecule has 7 nitrogen and oxygen atoms in total. The fraction of sp³-hybridized carbons (Fsp3) is 0.294. The molecule has 0 saturated carbocycles. The summed E-state index contributed by atoms with van der Waals surface area (Å²) in [5, 5.41) is 7.47. The Balaban J connectivity index is 1.58. The first-order valence-corrected chi connectivity index (χ1v) is 9.53. The first kappa shape index (κ1) is 16.0. The molecule has 0 bridgehead atoms. The number of nitrogens with zero attached hydrogens (tertiary/aromatic N) is 4. The molecule has 0 aliphatic carbocycles. The van der Waals surface area contributed by atoms with E-state index in [2.05, 4.69) is 38.9 Å². The maximum atomic E-state index is 13.0. The summed E-state index contributed by atoms with van der Waals surface area (Å²) >= 11 is 0. The zero-order chi connectivity index (χ0) is 17.4. The summed E-state index contributed by atoms with van der Waals surface area (Å²) in [6.07, 6.45) is 0. The quantitative estimate of drug-likeness (QED) is 0.713. The summed E-state index contributed by atoms with van der Waals surface area (Å²) in [4.78, 5) is 2.37. The fourth-order valence-electron chi connectivity index (χ4n) is 3.22. The molecular weight excluding hydrogens is 340 g/mol. The van der Waals surface area contributed by atoms with Crippen molar-refractivity contribution in [2.75, 3.05) is 31.1 Å². The van der Waals surface area contributed by atoms with Crippen LogP contribution in [0.5, 0.6) is 0 Å². The van der Waals surface area contributed by atoms with Crippen molar-refractivity contribution in [1.29, 1.82) is 0 Å². The third kappa shape index (κ3) is 2.77. The van der Waals surface area contributed by atoms with E-state index < -0.39 is 10.0 Å². The average molecular weight is 358 g/mol. The number of sulfonamides is 1. The molecule has 0 unspecified atom stereocenters. The molecule has 1 saturated heterocycles. The topological polar surface area (TPSA) is 79.5 Å². The number of para-hydroxylation sites is 1. The smallest absolute Gasteiger partial charge is 0.245 e. The number of aromatic nitrogens is 2. The molecule has 3 aromatic rings. The molecule has 2 aromatic carbocycles. The third-order valence-electron chi connectivity index (χ3n) is 4.56. The summed E-state index contributed by atoms with van der Waals surface area (Å²) < 4.78 is 32.2. The van der Waals surface area contributed by atoms with E-state index in [1.54, 1.807) is 18.2 Å². The summed E-state index contributed by atoms with van der Waals surface area (Å²) in [6, 6.07) is 13.0. The molecule has 1 aliphatic heterocycles. The van der Waals surface area contributed by atoms with Crippen molar-refractivity contribution in [3.05, 3.63) is 48.0 Å². The second-order valence-electron chi connectivity index (χ2n) is 6.07. The van der Waals surface area contributed by atoms with Crippen LogP contribution in [0.15, 0.2) is 52.0 Å². The standard InChI is InChI=1S/C17H18N4O3S/c1-13-5-2-3-7-15(13)20-9-11-21(12-10-20)25(22,23)16-8-4-6-14-17(16)19-24-18-14/h2-8H,9-12H2,1H3. The largest absolute Gasteiger partial charge is 0.369 e. The van der Waals surface area contributed by atoms with Gasteiger partial charge in [0.25, 0.3) is 0 Å². The van der Waals surface area contributed by atoms with Crippen molar-refractivity contribution in [3.63, 3.8) is 0 Å². The van der Waals surface area contributed by atoms with Crippen LogP contribution in [-0.4, -0.2) is 49.2 Å². The van der Waals surface area contributed by atoms with Gasteiger partial charge in [0.15, 0.2) is 5.52 Å². The minimum Gasteiger partial charge on any atom is -0.369 e. The van der Waals surface area contributed by atoms with Crippen molar-refractivity contribution in [2.24, 2.45) is 0 Å². The monoisotopic (exact) mass is 358 g/mol. The number of rotatable bonds is 3. The molecule has 4 rings (SSSR count).